The average molecular weight is 430 g/mol. The van der Waals surface area contributed by atoms with Crippen LogP contribution in [-0.2, 0) is 11.3 Å². The molecule has 1 saturated heterocycles. The summed E-state index contributed by atoms with van der Waals surface area (Å²) in [6, 6.07) is 6.43. The predicted octanol–water partition coefficient (Wildman–Crippen LogP) is 1.36. The summed E-state index contributed by atoms with van der Waals surface area (Å²) in [5, 5.41) is 10.8. The van der Waals surface area contributed by atoms with Gasteiger partial charge in [0, 0.05) is 49.4 Å². The Labute approximate surface area is 176 Å². The standard InChI is InChI=1S/C20H20ClN5O4/c1-12-8-18(28)30-16-9-13(2-3-14(12)16)24-17(27)11-26-20(29)19(21)15(10-23-26)25-6-4-22-5-7-25/h2-3,8-10,22H,4-7,11H2,1H3,(H,24,27). The van der Waals surface area contributed by atoms with Gasteiger partial charge in [-0.05, 0) is 24.6 Å². The lowest BCUT2D eigenvalue weighted by atomic mass is 10.1. The van der Waals surface area contributed by atoms with E-state index in [1.165, 1.54) is 12.3 Å². The Morgan fingerprint density at radius 3 is 2.80 bits per heavy atom. The maximum atomic E-state index is 12.6. The summed E-state index contributed by atoms with van der Waals surface area (Å²) in [6.07, 6.45) is 1.51. The Hall–Kier alpha value is -3.17. The maximum Gasteiger partial charge on any atom is 0.336 e. The molecule has 1 aliphatic rings. The van der Waals surface area contributed by atoms with Gasteiger partial charge in [0.2, 0.25) is 5.91 Å². The van der Waals surface area contributed by atoms with Gasteiger partial charge in [-0.2, -0.15) is 5.10 Å². The molecular formula is C20H20ClN5O4. The van der Waals surface area contributed by atoms with E-state index in [-0.39, 0.29) is 11.6 Å². The molecule has 156 valence electrons. The topological polar surface area (TPSA) is 109 Å². The zero-order valence-corrected chi connectivity index (χ0v) is 17.0. The Bertz CT molecular complexity index is 1230. The van der Waals surface area contributed by atoms with Crippen LogP contribution in [-0.4, -0.2) is 41.9 Å². The first kappa shape index (κ1) is 20.1. The highest BCUT2D eigenvalue weighted by atomic mass is 35.5. The molecule has 1 aliphatic heterocycles. The van der Waals surface area contributed by atoms with Crippen molar-refractivity contribution >= 4 is 39.9 Å². The Balaban J connectivity index is 1.51. The number of aryl methyl sites for hydroxylation is 1. The van der Waals surface area contributed by atoms with Crippen LogP contribution in [0, 0.1) is 6.92 Å². The SMILES string of the molecule is Cc1cc(=O)oc2cc(NC(=O)Cn3ncc(N4CCNCC4)c(Cl)c3=O)ccc12. The van der Waals surface area contributed by atoms with Crippen LogP contribution in [0.4, 0.5) is 11.4 Å². The molecule has 1 aromatic carbocycles. The van der Waals surface area contributed by atoms with Gasteiger partial charge in [0.25, 0.3) is 5.56 Å². The third-order valence-electron chi connectivity index (χ3n) is 4.95. The largest absolute Gasteiger partial charge is 0.423 e. The lowest BCUT2D eigenvalue weighted by Crippen LogP contribution is -2.44. The lowest BCUT2D eigenvalue weighted by Gasteiger charge is -2.29. The zero-order chi connectivity index (χ0) is 21.3. The van der Waals surface area contributed by atoms with Crippen molar-refractivity contribution in [1.82, 2.24) is 15.1 Å². The highest BCUT2D eigenvalue weighted by molar-refractivity contribution is 6.33. The molecule has 2 aromatic heterocycles. The van der Waals surface area contributed by atoms with Crippen LogP contribution < -0.4 is 26.7 Å². The molecule has 0 atom stereocenters. The van der Waals surface area contributed by atoms with Crippen molar-refractivity contribution < 1.29 is 9.21 Å². The van der Waals surface area contributed by atoms with Crippen LogP contribution in [0.5, 0.6) is 0 Å². The summed E-state index contributed by atoms with van der Waals surface area (Å²) in [5.74, 6) is -0.454. The number of carbonyl (C=O) groups excluding carboxylic acids is 1. The van der Waals surface area contributed by atoms with Crippen molar-refractivity contribution in [3.8, 4) is 0 Å². The molecule has 2 N–H and O–H groups in total. The quantitative estimate of drug-likeness (QED) is 0.602. The number of amides is 1. The van der Waals surface area contributed by atoms with Gasteiger partial charge in [-0.3, -0.25) is 9.59 Å². The van der Waals surface area contributed by atoms with E-state index in [4.69, 9.17) is 16.0 Å². The third-order valence-corrected chi connectivity index (χ3v) is 5.31. The molecule has 0 unspecified atom stereocenters. The van der Waals surface area contributed by atoms with E-state index >= 15 is 0 Å². The second-order valence-corrected chi connectivity index (χ2v) is 7.43. The monoisotopic (exact) mass is 429 g/mol. The van der Waals surface area contributed by atoms with Crippen LogP contribution in [0.25, 0.3) is 11.0 Å². The average Bonchev–Trinajstić information content (AvgIpc) is 2.72. The molecule has 0 spiro atoms. The third kappa shape index (κ3) is 4.07. The fourth-order valence-corrected chi connectivity index (χ4v) is 3.70. The number of piperazine rings is 1. The van der Waals surface area contributed by atoms with Crippen LogP contribution in [0.15, 0.2) is 44.5 Å². The van der Waals surface area contributed by atoms with E-state index in [1.807, 2.05) is 11.8 Å². The minimum absolute atomic E-state index is 0.0441. The summed E-state index contributed by atoms with van der Waals surface area (Å²) in [4.78, 5) is 38.6. The summed E-state index contributed by atoms with van der Waals surface area (Å²) in [6.45, 7) is 4.56. The number of nitrogens with one attached hydrogen (secondary N) is 2. The van der Waals surface area contributed by atoms with Gasteiger partial charge in [-0.15, -0.1) is 0 Å². The molecule has 4 rings (SSSR count). The van der Waals surface area contributed by atoms with Crippen molar-refractivity contribution in [1.29, 1.82) is 0 Å². The Morgan fingerprint density at radius 1 is 1.27 bits per heavy atom. The van der Waals surface area contributed by atoms with Gasteiger partial charge in [0.1, 0.15) is 17.2 Å². The van der Waals surface area contributed by atoms with Gasteiger partial charge in [0.15, 0.2) is 0 Å². The van der Waals surface area contributed by atoms with E-state index in [2.05, 4.69) is 15.7 Å². The summed E-state index contributed by atoms with van der Waals surface area (Å²) in [7, 11) is 0. The molecule has 0 aliphatic carbocycles. The first-order valence-electron chi connectivity index (χ1n) is 9.48. The van der Waals surface area contributed by atoms with Crippen LogP contribution in [0.2, 0.25) is 5.02 Å². The second-order valence-electron chi connectivity index (χ2n) is 7.05. The number of hydrogen-bond acceptors (Lipinski definition) is 7. The molecular weight excluding hydrogens is 410 g/mol. The fourth-order valence-electron chi connectivity index (χ4n) is 3.43. The molecule has 30 heavy (non-hydrogen) atoms. The predicted molar refractivity (Wildman–Crippen MR) is 114 cm³/mol. The van der Waals surface area contributed by atoms with E-state index in [0.717, 1.165) is 41.8 Å². The van der Waals surface area contributed by atoms with Crippen molar-refractivity contribution in [2.75, 3.05) is 36.4 Å². The first-order chi connectivity index (χ1) is 14.4. The Morgan fingerprint density at radius 2 is 2.03 bits per heavy atom. The van der Waals surface area contributed by atoms with Gasteiger partial charge in [0.05, 0.1) is 11.9 Å². The second kappa shape index (κ2) is 8.29. The Kier molecular flexibility index (Phi) is 5.56. The molecule has 9 nitrogen and oxygen atoms in total. The van der Waals surface area contributed by atoms with Crippen LogP contribution in [0.3, 0.4) is 0 Å². The molecule has 0 saturated carbocycles. The highest BCUT2D eigenvalue weighted by Crippen LogP contribution is 2.22. The van der Waals surface area contributed by atoms with Crippen molar-refractivity contribution in [3.63, 3.8) is 0 Å². The molecule has 3 heterocycles. The van der Waals surface area contributed by atoms with E-state index in [9.17, 15) is 14.4 Å². The van der Waals surface area contributed by atoms with Crippen molar-refractivity contribution in [2.24, 2.45) is 0 Å². The number of halogens is 1. The summed E-state index contributed by atoms with van der Waals surface area (Å²) >= 11 is 6.26. The van der Waals surface area contributed by atoms with Gasteiger partial charge in [-0.1, -0.05) is 11.6 Å². The number of nitrogens with zero attached hydrogens (tertiary/aromatic N) is 3. The lowest BCUT2D eigenvalue weighted by molar-refractivity contribution is -0.117. The molecule has 1 fully saturated rings. The minimum Gasteiger partial charge on any atom is -0.423 e. The maximum absolute atomic E-state index is 12.6. The molecule has 3 aromatic rings. The summed E-state index contributed by atoms with van der Waals surface area (Å²) < 4.78 is 6.21. The number of hydrogen-bond donors (Lipinski definition) is 2. The van der Waals surface area contributed by atoms with E-state index in [1.54, 1.807) is 18.2 Å². The number of fused-ring (bicyclic) bond motifs is 1. The minimum atomic E-state index is -0.525. The van der Waals surface area contributed by atoms with Crippen molar-refractivity contribution in [2.45, 2.75) is 13.5 Å². The molecule has 0 radical (unpaired) electrons. The van der Waals surface area contributed by atoms with Gasteiger partial charge >= 0.3 is 5.63 Å². The first-order valence-corrected chi connectivity index (χ1v) is 9.86. The zero-order valence-electron chi connectivity index (χ0n) is 16.3. The van der Waals surface area contributed by atoms with Crippen molar-refractivity contribution in [3.05, 3.63) is 61.8 Å². The number of carbonyl (C=O) groups is 1. The molecule has 10 heteroatoms. The van der Waals surface area contributed by atoms with Crippen LogP contribution in [0.1, 0.15) is 5.56 Å². The number of benzene rings is 1. The number of anilines is 2. The normalized spacial score (nSPS) is 14.1. The molecule has 0 bridgehead atoms. The number of aromatic nitrogens is 2. The van der Waals surface area contributed by atoms with Crippen LogP contribution >= 0.6 is 11.6 Å². The van der Waals surface area contributed by atoms with Gasteiger partial charge in [-0.25, -0.2) is 9.48 Å². The smallest absolute Gasteiger partial charge is 0.336 e. The fraction of sp³-hybridized carbons (Fsp3) is 0.300. The number of rotatable bonds is 4. The molecule has 1 amide bonds. The van der Waals surface area contributed by atoms with Gasteiger partial charge < -0.3 is 20.0 Å². The van der Waals surface area contributed by atoms with E-state index in [0.29, 0.717) is 17.0 Å². The van der Waals surface area contributed by atoms with E-state index < -0.39 is 17.1 Å². The summed E-state index contributed by atoms with van der Waals surface area (Å²) in [5.41, 5.74) is 1.18. The highest BCUT2D eigenvalue weighted by Gasteiger charge is 2.18.